The molecule has 3 fully saturated rings. The van der Waals surface area contributed by atoms with E-state index in [1.807, 2.05) is 20.8 Å². The van der Waals surface area contributed by atoms with Crippen molar-refractivity contribution in [1.29, 1.82) is 5.26 Å². The molecular formula is C30H46N8O2. The van der Waals surface area contributed by atoms with Gasteiger partial charge in [-0.2, -0.15) is 20.2 Å². The predicted molar refractivity (Wildman–Crippen MR) is 156 cm³/mol. The Balaban J connectivity index is 1.50. The number of hydrogen-bond acceptors (Lipinski definition) is 8. The molecule has 2 aliphatic carbocycles. The van der Waals surface area contributed by atoms with E-state index >= 15 is 0 Å². The number of amides is 1. The SMILES string of the molecule is C[C@@H]1CN(C(=O)OC(C)(C)C)CCN1c1nc2nc(C#N)nc(N[C@H](C)C3CCC3)c2n1C[C@H]1CC[C@H](C)CC1. The van der Waals surface area contributed by atoms with Gasteiger partial charge in [0.1, 0.15) is 17.2 Å². The summed E-state index contributed by atoms with van der Waals surface area (Å²) in [5, 5.41) is 13.4. The fourth-order valence-corrected chi connectivity index (χ4v) is 6.36. The summed E-state index contributed by atoms with van der Waals surface area (Å²) < 4.78 is 7.96. The number of carbonyl (C=O) groups is 1. The molecule has 0 spiro atoms. The molecular weight excluding hydrogens is 504 g/mol. The molecule has 1 amide bonds. The number of nitrogens with one attached hydrogen (secondary N) is 1. The van der Waals surface area contributed by atoms with Crippen LogP contribution < -0.4 is 10.2 Å². The number of imidazole rings is 1. The molecule has 1 N–H and O–H groups in total. The van der Waals surface area contributed by atoms with Gasteiger partial charge in [0.05, 0.1) is 0 Å². The molecule has 1 aliphatic heterocycles. The van der Waals surface area contributed by atoms with Crippen molar-refractivity contribution in [2.24, 2.45) is 17.8 Å². The average Bonchev–Trinajstić information content (AvgIpc) is 3.21. The van der Waals surface area contributed by atoms with Gasteiger partial charge in [0.25, 0.3) is 0 Å². The maximum absolute atomic E-state index is 12.8. The monoisotopic (exact) mass is 550 g/mol. The molecule has 2 aromatic heterocycles. The minimum Gasteiger partial charge on any atom is -0.444 e. The Morgan fingerprint density at radius 2 is 1.82 bits per heavy atom. The molecule has 218 valence electrons. The summed E-state index contributed by atoms with van der Waals surface area (Å²) in [5.74, 6) is 3.66. The van der Waals surface area contributed by atoms with Gasteiger partial charge in [-0.05, 0) is 78.1 Å². The number of carbonyl (C=O) groups excluding carboxylic acids is 1. The predicted octanol–water partition coefficient (Wildman–Crippen LogP) is 5.57. The van der Waals surface area contributed by atoms with Crippen LogP contribution in [0.3, 0.4) is 0 Å². The third kappa shape index (κ3) is 6.13. The third-order valence-electron chi connectivity index (χ3n) is 9.02. The minimum absolute atomic E-state index is 0.0388. The molecule has 5 rings (SSSR count). The largest absolute Gasteiger partial charge is 0.444 e. The lowest BCUT2D eigenvalue weighted by Crippen LogP contribution is -2.55. The van der Waals surface area contributed by atoms with Gasteiger partial charge in [-0.3, -0.25) is 0 Å². The van der Waals surface area contributed by atoms with E-state index in [-0.39, 0.29) is 24.0 Å². The highest BCUT2D eigenvalue weighted by molar-refractivity contribution is 5.86. The van der Waals surface area contributed by atoms with Crippen molar-refractivity contribution in [3.05, 3.63) is 5.82 Å². The Bertz CT molecular complexity index is 1250. The number of fused-ring (bicyclic) bond motifs is 1. The van der Waals surface area contributed by atoms with Crippen LogP contribution in [0.15, 0.2) is 0 Å². The smallest absolute Gasteiger partial charge is 0.410 e. The van der Waals surface area contributed by atoms with Gasteiger partial charge in [0.15, 0.2) is 11.5 Å². The lowest BCUT2D eigenvalue weighted by Gasteiger charge is -2.41. The Labute approximate surface area is 238 Å². The second-order valence-corrected chi connectivity index (χ2v) is 13.4. The van der Waals surface area contributed by atoms with Crippen LogP contribution in [0.2, 0.25) is 0 Å². The molecule has 3 heterocycles. The number of ether oxygens (including phenoxy) is 1. The molecule has 2 aromatic rings. The fourth-order valence-electron chi connectivity index (χ4n) is 6.36. The van der Waals surface area contributed by atoms with Crippen LogP contribution in [-0.4, -0.2) is 67.8 Å². The normalized spacial score (nSPS) is 24.9. The number of nitriles is 1. The highest BCUT2D eigenvalue weighted by Gasteiger charge is 2.34. The van der Waals surface area contributed by atoms with Crippen molar-refractivity contribution in [3.63, 3.8) is 0 Å². The fraction of sp³-hybridized carbons (Fsp3) is 0.767. The van der Waals surface area contributed by atoms with E-state index in [0.717, 1.165) is 23.9 Å². The quantitative estimate of drug-likeness (QED) is 0.497. The molecule has 10 heteroatoms. The van der Waals surface area contributed by atoms with Gasteiger partial charge in [0, 0.05) is 38.3 Å². The number of aromatic nitrogens is 4. The average molecular weight is 551 g/mol. The van der Waals surface area contributed by atoms with E-state index in [2.05, 4.69) is 51.6 Å². The molecule has 2 atom stereocenters. The molecule has 0 bridgehead atoms. The maximum Gasteiger partial charge on any atom is 0.410 e. The first-order valence-corrected chi connectivity index (χ1v) is 15.2. The lowest BCUT2D eigenvalue weighted by atomic mass is 9.80. The molecule has 0 aromatic carbocycles. The van der Waals surface area contributed by atoms with E-state index < -0.39 is 5.60 Å². The highest BCUT2D eigenvalue weighted by Crippen LogP contribution is 2.36. The van der Waals surface area contributed by atoms with E-state index in [1.54, 1.807) is 4.90 Å². The number of anilines is 2. The van der Waals surface area contributed by atoms with Crippen LogP contribution in [0.5, 0.6) is 0 Å². The highest BCUT2D eigenvalue weighted by atomic mass is 16.6. The summed E-state index contributed by atoms with van der Waals surface area (Å²) in [5.41, 5.74) is 0.927. The first-order chi connectivity index (χ1) is 19.0. The first-order valence-electron chi connectivity index (χ1n) is 15.2. The van der Waals surface area contributed by atoms with Crippen molar-refractivity contribution < 1.29 is 9.53 Å². The van der Waals surface area contributed by atoms with Gasteiger partial charge < -0.3 is 24.4 Å². The van der Waals surface area contributed by atoms with Gasteiger partial charge >= 0.3 is 6.09 Å². The van der Waals surface area contributed by atoms with Gasteiger partial charge in [0.2, 0.25) is 11.8 Å². The van der Waals surface area contributed by atoms with Crippen molar-refractivity contribution in [2.75, 3.05) is 29.9 Å². The second-order valence-electron chi connectivity index (χ2n) is 13.4. The van der Waals surface area contributed by atoms with E-state index in [4.69, 9.17) is 9.72 Å². The summed E-state index contributed by atoms with van der Waals surface area (Å²) in [6, 6.07) is 2.45. The van der Waals surface area contributed by atoms with E-state index in [1.165, 1.54) is 44.9 Å². The van der Waals surface area contributed by atoms with Crippen molar-refractivity contribution in [3.8, 4) is 6.07 Å². The van der Waals surface area contributed by atoms with Crippen LogP contribution in [0.1, 0.15) is 92.3 Å². The van der Waals surface area contributed by atoms with Crippen LogP contribution in [0.25, 0.3) is 11.2 Å². The number of rotatable bonds is 6. The van der Waals surface area contributed by atoms with Gasteiger partial charge in [-0.25, -0.2) is 4.79 Å². The van der Waals surface area contributed by atoms with Crippen LogP contribution in [0, 0.1) is 29.1 Å². The summed E-state index contributed by atoms with van der Waals surface area (Å²) in [6.07, 6.45) is 8.32. The molecule has 3 aliphatic rings. The van der Waals surface area contributed by atoms with Crippen molar-refractivity contribution >= 4 is 29.0 Å². The zero-order valence-corrected chi connectivity index (χ0v) is 25.1. The first kappa shape index (κ1) is 28.4. The van der Waals surface area contributed by atoms with Crippen molar-refractivity contribution in [1.82, 2.24) is 24.4 Å². The van der Waals surface area contributed by atoms with Crippen LogP contribution in [0.4, 0.5) is 16.6 Å². The zero-order chi connectivity index (χ0) is 28.6. The van der Waals surface area contributed by atoms with Crippen LogP contribution >= 0.6 is 0 Å². The molecule has 1 saturated heterocycles. The Kier molecular flexibility index (Phi) is 8.12. The maximum atomic E-state index is 12.8. The molecule has 10 nitrogen and oxygen atoms in total. The molecule has 40 heavy (non-hydrogen) atoms. The Hall–Kier alpha value is -3.09. The molecule has 0 unspecified atom stereocenters. The Morgan fingerprint density at radius 1 is 1.10 bits per heavy atom. The Morgan fingerprint density at radius 3 is 2.42 bits per heavy atom. The summed E-state index contributed by atoms with van der Waals surface area (Å²) in [4.78, 5) is 31.2. The molecule has 0 radical (unpaired) electrons. The van der Waals surface area contributed by atoms with Crippen LogP contribution in [-0.2, 0) is 11.3 Å². The number of hydrogen-bond donors (Lipinski definition) is 1. The van der Waals surface area contributed by atoms with Crippen molar-refractivity contribution in [2.45, 2.75) is 111 Å². The molecule has 2 saturated carbocycles. The minimum atomic E-state index is -0.528. The van der Waals surface area contributed by atoms with Gasteiger partial charge in [-0.1, -0.05) is 26.2 Å². The van der Waals surface area contributed by atoms with E-state index in [9.17, 15) is 10.1 Å². The number of nitrogens with zero attached hydrogens (tertiary/aromatic N) is 7. The topological polar surface area (TPSA) is 112 Å². The second kappa shape index (κ2) is 11.4. The number of piperazine rings is 1. The lowest BCUT2D eigenvalue weighted by molar-refractivity contribution is 0.0217. The van der Waals surface area contributed by atoms with E-state index in [0.29, 0.717) is 42.9 Å². The summed E-state index contributed by atoms with van der Waals surface area (Å²) in [7, 11) is 0. The summed E-state index contributed by atoms with van der Waals surface area (Å²) >= 11 is 0. The summed E-state index contributed by atoms with van der Waals surface area (Å²) in [6.45, 7) is 15.0. The standard InChI is InChI=1S/C30H46N8O2/c1-19-10-12-22(13-11-19)18-38-25-26(32-21(3)23-8-7-9-23)33-24(16-31)34-27(25)35-28(38)37-15-14-36(17-20(37)2)29(39)40-30(4,5)6/h19-23H,7-15,17-18H2,1-6H3,(H,32,33,34)/t19-,20-,21-,22-/m1/s1. The zero-order valence-electron chi connectivity index (χ0n) is 25.1. The van der Waals surface area contributed by atoms with Gasteiger partial charge in [-0.15, -0.1) is 0 Å². The third-order valence-corrected chi connectivity index (χ3v) is 9.02.